The van der Waals surface area contributed by atoms with Crippen LogP contribution in [0, 0.1) is 13.8 Å². The zero-order valence-electron chi connectivity index (χ0n) is 18.8. The Morgan fingerprint density at radius 1 is 0.970 bits per heavy atom. The largest absolute Gasteiger partial charge is 0.496 e. The number of aryl methyl sites for hydroxylation is 2. The summed E-state index contributed by atoms with van der Waals surface area (Å²) in [4.78, 5) is 11.4. The standard InChI is InChI=1S/C23H27N5O4S/c1-16-14-20(8-9-21(16)31-3)33(29,30)27-19-6-4-18(5-7-19)25-23-24-17(2)15-22(26-23)28-10-12-32-13-11-28/h4-9,14-15,27H,10-13H2,1-3H3,(H,24,25,26). The van der Waals surface area contributed by atoms with Gasteiger partial charge in [-0.15, -0.1) is 0 Å². The highest BCUT2D eigenvalue weighted by Gasteiger charge is 2.16. The summed E-state index contributed by atoms with van der Waals surface area (Å²) >= 11 is 0. The Balaban J connectivity index is 1.46. The van der Waals surface area contributed by atoms with Gasteiger partial charge in [-0.2, -0.15) is 4.98 Å². The lowest BCUT2D eigenvalue weighted by molar-refractivity contribution is 0.122. The average molecular weight is 470 g/mol. The summed E-state index contributed by atoms with van der Waals surface area (Å²) in [5.74, 6) is 1.98. The number of aromatic nitrogens is 2. The van der Waals surface area contributed by atoms with E-state index in [1.54, 1.807) is 50.4 Å². The molecule has 0 radical (unpaired) electrons. The van der Waals surface area contributed by atoms with Gasteiger partial charge < -0.3 is 19.7 Å². The molecule has 9 nitrogen and oxygen atoms in total. The first-order valence-electron chi connectivity index (χ1n) is 10.6. The third-order valence-electron chi connectivity index (χ3n) is 5.25. The second kappa shape index (κ2) is 9.63. The molecule has 4 rings (SSSR count). The first-order chi connectivity index (χ1) is 15.8. The molecule has 0 spiro atoms. The van der Waals surface area contributed by atoms with Crippen LogP contribution in [0.4, 0.5) is 23.1 Å². The highest BCUT2D eigenvalue weighted by molar-refractivity contribution is 7.92. The Hall–Kier alpha value is -3.37. The molecule has 0 atom stereocenters. The van der Waals surface area contributed by atoms with Crippen molar-refractivity contribution in [3.63, 3.8) is 0 Å². The van der Waals surface area contributed by atoms with E-state index in [0.717, 1.165) is 35.9 Å². The molecule has 2 N–H and O–H groups in total. The lowest BCUT2D eigenvalue weighted by Crippen LogP contribution is -2.36. The number of morpholine rings is 1. The minimum atomic E-state index is -3.72. The summed E-state index contributed by atoms with van der Waals surface area (Å²) in [6, 6.07) is 13.6. The second-order valence-corrected chi connectivity index (χ2v) is 9.41. The van der Waals surface area contributed by atoms with Crippen LogP contribution in [-0.4, -0.2) is 51.8 Å². The molecule has 2 heterocycles. The molecule has 0 bridgehead atoms. The van der Waals surface area contributed by atoms with Crippen molar-refractivity contribution in [1.82, 2.24) is 9.97 Å². The highest BCUT2D eigenvalue weighted by Crippen LogP contribution is 2.25. The van der Waals surface area contributed by atoms with Crippen molar-refractivity contribution < 1.29 is 17.9 Å². The summed E-state index contributed by atoms with van der Waals surface area (Å²) in [7, 11) is -2.17. The summed E-state index contributed by atoms with van der Waals surface area (Å²) in [6.45, 7) is 6.67. The van der Waals surface area contributed by atoms with Crippen LogP contribution in [0.2, 0.25) is 0 Å². The topological polar surface area (TPSA) is 106 Å². The van der Waals surface area contributed by atoms with E-state index < -0.39 is 10.0 Å². The van der Waals surface area contributed by atoms with Gasteiger partial charge in [-0.05, 0) is 61.9 Å². The molecule has 10 heteroatoms. The Bertz CT molecular complexity index is 1230. The number of nitrogens with one attached hydrogen (secondary N) is 2. The van der Waals surface area contributed by atoms with Gasteiger partial charge in [0.1, 0.15) is 11.6 Å². The van der Waals surface area contributed by atoms with E-state index in [-0.39, 0.29) is 4.90 Å². The minimum absolute atomic E-state index is 0.173. The molecular weight excluding hydrogens is 442 g/mol. The maximum absolute atomic E-state index is 12.8. The van der Waals surface area contributed by atoms with Crippen molar-refractivity contribution in [2.75, 3.05) is 48.4 Å². The zero-order chi connectivity index (χ0) is 23.4. The third-order valence-corrected chi connectivity index (χ3v) is 6.62. The lowest BCUT2D eigenvalue weighted by Gasteiger charge is -2.28. The van der Waals surface area contributed by atoms with Crippen molar-refractivity contribution >= 4 is 33.2 Å². The van der Waals surface area contributed by atoms with Gasteiger partial charge in [-0.1, -0.05) is 0 Å². The normalized spacial score (nSPS) is 14.1. The molecule has 1 saturated heterocycles. The Kier molecular flexibility index (Phi) is 6.66. The summed E-state index contributed by atoms with van der Waals surface area (Å²) in [5, 5.41) is 3.19. The Labute approximate surface area is 193 Å². The summed E-state index contributed by atoms with van der Waals surface area (Å²) in [6.07, 6.45) is 0. The van der Waals surface area contributed by atoms with Crippen molar-refractivity contribution in [1.29, 1.82) is 0 Å². The predicted molar refractivity (Wildman–Crippen MR) is 128 cm³/mol. The molecule has 2 aromatic carbocycles. The second-order valence-electron chi connectivity index (χ2n) is 7.73. The van der Waals surface area contributed by atoms with Gasteiger partial charge in [0, 0.05) is 36.2 Å². The Morgan fingerprint density at radius 3 is 2.33 bits per heavy atom. The minimum Gasteiger partial charge on any atom is -0.496 e. The highest BCUT2D eigenvalue weighted by atomic mass is 32.2. The first kappa shape index (κ1) is 22.8. The maximum atomic E-state index is 12.8. The number of anilines is 4. The van der Waals surface area contributed by atoms with Crippen LogP contribution in [0.5, 0.6) is 5.75 Å². The quantitative estimate of drug-likeness (QED) is 0.542. The van der Waals surface area contributed by atoms with Gasteiger partial charge in [0.25, 0.3) is 10.0 Å². The smallest absolute Gasteiger partial charge is 0.261 e. The Morgan fingerprint density at radius 2 is 1.67 bits per heavy atom. The van der Waals surface area contributed by atoms with E-state index in [1.807, 2.05) is 13.0 Å². The molecule has 0 saturated carbocycles. The summed E-state index contributed by atoms with van der Waals surface area (Å²) < 4.78 is 38.7. The number of rotatable bonds is 7. The fourth-order valence-electron chi connectivity index (χ4n) is 3.55. The van der Waals surface area contributed by atoms with E-state index in [2.05, 4.69) is 24.9 Å². The van der Waals surface area contributed by atoms with Crippen LogP contribution in [-0.2, 0) is 14.8 Å². The van der Waals surface area contributed by atoms with Crippen molar-refractivity contribution in [2.45, 2.75) is 18.7 Å². The molecule has 174 valence electrons. The fourth-order valence-corrected chi connectivity index (χ4v) is 4.69. The van der Waals surface area contributed by atoms with Crippen LogP contribution in [0.25, 0.3) is 0 Å². The van der Waals surface area contributed by atoms with Crippen molar-refractivity contribution in [3.05, 3.63) is 59.8 Å². The van der Waals surface area contributed by atoms with Crippen LogP contribution in [0.1, 0.15) is 11.3 Å². The number of ether oxygens (including phenoxy) is 2. The molecule has 1 fully saturated rings. The SMILES string of the molecule is COc1ccc(S(=O)(=O)Nc2ccc(Nc3nc(C)cc(N4CCOCC4)n3)cc2)cc1C. The fraction of sp³-hybridized carbons (Fsp3) is 0.304. The van der Waals surface area contributed by atoms with E-state index in [1.165, 1.54) is 6.07 Å². The number of benzene rings is 2. The van der Waals surface area contributed by atoms with Crippen molar-refractivity contribution in [3.8, 4) is 5.75 Å². The monoisotopic (exact) mass is 469 g/mol. The molecular formula is C23H27N5O4S. The molecule has 1 aliphatic rings. The van der Waals surface area contributed by atoms with Gasteiger partial charge in [0.2, 0.25) is 5.95 Å². The molecule has 0 amide bonds. The van der Waals surface area contributed by atoms with Crippen LogP contribution in [0.3, 0.4) is 0 Å². The summed E-state index contributed by atoms with van der Waals surface area (Å²) in [5.41, 5.74) is 2.80. The number of methoxy groups -OCH3 is 1. The van der Waals surface area contributed by atoms with Gasteiger partial charge in [0.15, 0.2) is 0 Å². The third kappa shape index (κ3) is 5.52. The van der Waals surface area contributed by atoms with Crippen LogP contribution in [0.15, 0.2) is 53.4 Å². The predicted octanol–water partition coefficient (Wildman–Crippen LogP) is 3.48. The average Bonchev–Trinajstić information content (AvgIpc) is 2.80. The van der Waals surface area contributed by atoms with Gasteiger partial charge in [-0.3, -0.25) is 4.72 Å². The van der Waals surface area contributed by atoms with Gasteiger partial charge >= 0.3 is 0 Å². The van der Waals surface area contributed by atoms with Gasteiger partial charge in [-0.25, -0.2) is 13.4 Å². The van der Waals surface area contributed by atoms with Gasteiger partial charge in [0.05, 0.1) is 25.2 Å². The van der Waals surface area contributed by atoms with Crippen LogP contribution < -0.4 is 19.7 Å². The molecule has 33 heavy (non-hydrogen) atoms. The number of sulfonamides is 1. The van der Waals surface area contributed by atoms with Crippen molar-refractivity contribution in [2.24, 2.45) is 0 Å². The maximum Gasteiger partial charge on any atom is 0.261 e. The number of hydrogen-bond acceptors (Lipinski definition) is 8. The van der Waals surface area contributed by atoms with E-state index in [0.29, 0.717) is 30.6 Å². The van der Waals surface area contributed by atoms with E-state index in [9.17, 15) is 8.42 Å². The first-order valence-corrected chi connectivity index (χ1v) is 12.1. The van der Waals surface area contributed by atoms with Crippen LogP contribution >= 0.6 is 0 Å². The molecule has 1 aliphatic heterocycles. The van der Waals surface area contributed by atoms with E-state index >= 15 is 0 Å². The zero-order valence-corrected chi connectivity index (χ0v) is 19.6. The molecule has 0 aliphatic carbocycles. The molecule has 3 aromatic rings. The lowest BCUT2D eigenvalue weighted by atomic mass is 10.2. The molecule has 0 unspecified atom stereocenters. The number of nitrogens with zero attached hydrogens (tertiary/aromatic N) is 3. The van der Waals surface area contributed by atoms with E-state index in [4.69, 9.17) is 9.47 Å². The molecule has 1 aromatic heterocycles. The number of hydrogen-bond donors (Lipinski definition) is 2.